The van der Waals surface area contributed by atoms with E-state index in [0.717, 1.165) is 16.9 Å². The summed E-state index contributed by atoms with van der Waals surface area (Å²) in [5.41, 5.74) is 1.05. The average Bonchev–Trinajstić information content (AvgIpc) is 2.74. The quantitative estimate of drug-likeness (QED) is 0.502. The molecule has 0 atom stereocenters. The van der Waals surface area contributed by atoms with Gasteiger partial charge in [-0.1, -0.05) is 39.0 Å². The highest BCUT2D eigenvalue weighted by molar-refractivity contribution is 7.14. The third-order valence-corrected chi connectivity index (χ3v) is 4.39. The Hall–Kier alpha value is -0.830. The fourth-order valence-corrected chi connectivity index (χ4v) is 3.18. The van der Waals surface area contributed by atoms with Gasteiger partial charge in [-0.25, -0.2) is 4.79 Å². The summed E-state index contributed by atoms with van der Waals surface area (Å²) in [6.45, 7) is 4.22. The third kappa shape index (κ3) is 4.81. The molecule has 0 spiro atoms. The van der Waals surface area contributed by atoms with Gasteiger partial charge in [0, 0.05) is 4.88 Å². The van der Waals surface area contributed by atoms with Gasteiger partial charge in [-0.15, -0.1) is 11.3 Å². The summed E-state index contributed by atoms with van der Waals surface area (Å²) in [5.74, 6) is -0.202. The van der Waals surface area contributed by atoms with Gasteiger partial charge in [0.25, 0.3) is 0 Å². The van der Waals surface area contributed by atoms with E-state index in [4.69, 9.17) is 4.74 Å². The Kier molecular flexibility index (Phi) is 7.02. The summed E-state index contributed by atoms with van der Waals surface area (Å²) in [7, 11) is 1.44. The first-order valence-corrected chi connectivity index (χ1v) is 7.68. The zero-order valence-electron chi connectivity index (χ0n) is 11.8. The molecule has 18 heavy (non-hydrogen) atoms. The minimum absolute atomic E-state index is 0.202. The first kappa shape index (κ1) is 15.2. The molecule has 102 valence electrons. The molecule has 2 nitrogen and oxygen atoms in total. The molecule has 1 aromatic heterocycles. The number of rotatable bonds is 8. The number of aryl methyl sites for hydroxylation is 2. The molecule has 0 saturated carbocycles. The average molecular weight is 268 g/mol. The minimum atomic E-state index is -0.202. The summed E-state index contributed by atoms with van der Waals surface area (Å²) in [6.07, 6.45) is 8.95. The zero-order valence-corrected chi connectivity index (χ0v) is 12.6. The highest BCUT2D eigenvalue weighted by atomic mass is 32.1. The lowest BCUT2D eigenvalue weighted by Crippen LogP contribution is -1.99. The largest absolute Gasteiger partial charge is 0.465 e. The Morgan fingerprint density at radius 1 is 1.22 bits per heavy atom. The van der Waals surface area contributed by atoms with Crippen molar-refractivity contribution in [3.63, 3.8) is 0 Å². The van der Waals surface area contributed by atoms with Crippen molar-refractivity contribution >= 4 is 17.3 Å². The molecule has 0 aliphatic heterocycles. The highest BCUT2D eigenvalue weighted by Gasteiger charge is 2.13. The van der Waals surface area contributed by atoms with E-state index < -0.39 is 0 Å². The molecule has 0 fully saturated rings. The van der Waals surface area contributed by atoms with Crippen molar-refractivity contribution in [3.8, 4) is 0 Å². The molecule has 1 heterocycles. The number of unbranched alkanes of at least 4 members (excludes halogenated alkanes) is 5. The summed E-state index contributed by atoms with van der Waals surface area (Å²) in [6, 6.07) is 2.13. The molecule has 3 heteroatoms. The topological polar surface area (TPSA) is 26.3 Å². The summed E-state index contributed by atoms with van der Waals surface area (Å²) in [5, 5.41) is 0. The van der Waals surface area contributed by atoms with E-state index in [0.29, 0.717) is 0 Å². The second kappa shape index (κ2) is 8.30. The van der Waals surface area contributed by atoms with E-state index in [9.17, 15) is 4.79 Å². The van der Waals surface area contributed by atoms with Crippen molar-refractivity contribution in [1.82, 2.24) is 0 Å². The SMILES string of the molecule is CCCCCCCCc1cc(C)c(C(=O)OC)s1. The molecule has 0 aliphatic rings. The fraction of sp³-hybridized carbons (Fsp3) is 0.667. The fourth-order valence-electron chi connectivity index (χ4n) is 2.05. The van der Waals surface area contributed by atoms with E-state index in [1.165, 1.54) is 50.5 Å². The molecule has 0 bridgehead atoms. The first-order chi connectivity index (χ1) is 8.69. The van der Waals surface area contributed by atoms with Gasteiger partial charge in [0.15, 0.2) is 0 Å². The lowest BCUT2D eigenvalue weighted by atomic mass is 10.1. The third-order valence-electron chi connectivity index (χ3n) is 3.12. The van der Waals surface area contributed by atoms with Gasteiger partial charge in [0.1, 0.15) is 4.88 Å². The smallest absolute Gasteiger partial charge is 0.348 e. The van der Waals surface area contributed by atoms with Gasteiger partial charge in [0.2, 0.25) is 0 Å². The van der Waals surface area contributed by atoms with Crippen molar-refractivity contribution in [1.29, 1.82) is 0 Å². The van der Waals surface area contributed by atoms with Crippen LogP contribution in [0.5, 0.6) is 0 Å². The van der Waals surface area contributed by atoms with Crippen LogP contribution in [0, 0.1) is 6.92 Å². The normalized spacial score (nSPS) is 10.6. The van der Waals surface area contributed by atoms with Gasteiger partial charge < -0.3 is 4.74 Å². The molecular formula is C15H24O2S. The van der Waals surface area contributed by atoms with Gasteiger partial charge >= 0.3 is 5.97 Å². The van der Waals surface area contributed by atoms with Crippen LogP contribution in [-0.2, 0) is 11.2 Å². The number of esters is 1. The number of methoxy groups -OCH3 is 1. The summed E-state index contributed by atoms with van der Waals surface area (Å²) < 4.78 is 4.77. The molecule has 0 amide bonds. The van der Waals surface area contributed by atoms with Crippen molar-refractivity contribution in [2.24, 2.45) is 0 Å². The molecule has 0 saturated heterocycles. The second-order valence-corrected chi connectivity index (χ2v) is 5.87. The Morgan fingerprint density at radius 2 is 1.89 bits per heavy atom. The maximum Gasteiger partial charge on any atom is 0.348 e. The second-order valence-electron chi connectivity index (χ2n) is 4.73. The number of hydrogen-bond acceptors (Lipinski definition) is 3. The minimum Gasteiger partial charge on any atom is -0.465 e. The number of carbonyl (C=O) groups is 1. The van der Waals surface area contributed by atoms with Gasteiger partial charge in [0.05, 0.1) is 7.11 Å². The van der Waals surface area contributed by atoms with Gasteiger partial charge in [-0.2, -0.15) is 0 Å². The predicted octanol–water partition coefficient (Wildman–Crippen LogP) is 4.75. The monoisotopic (exact) mass is 268 g/mol. The van der Waals surface area contributed by atoms with Crippen molar-refractivity contribution in [3.05, 3.63) is 21.4 Å². The Labute approximate surface area is 114 Å². The Balaban J connectivity index is 2.33. The molecule has 1 aromatic rings. The molecule has 0 unspecified atom stereocenters. The predicted molar refractivity (Wildman–Crippen MR) is 77.5 cm³/mol. The molecule has 0 aliphatic carbocycles. The van der Waals surface area contributed by atoms with E-state index >= 15 is 0 Å². The van der Waals surface area contributed by atoms with Crippen molar-refractivity contribution in [2.45, 2.75) is 58.8 Å². The Bertz CT molecular complexity index is 369. The van der Waals surface area contributed by atoms with Gasteiger partial charge in [-0.05, 0) is 31.4 Å². The molecule has 1 rings (SSSR count). The summed E-state index contributed by atoms with van der Waals surface area (Å²) >= 11 is 1.59. The number of carbonyl (C=O) groups excluding carboxylic acids is 1. The van der Waals surface area contributed by atoms with E-state index in [1.807, 2.05) is 6.92 Å². The zero-order chi connectivity index (χ0) is 13.4. The van der Waals surface area contributed by atoms with Crippen LogP contribution >= 0.6 is 11.3 Å². The molecule has 0 aromatic carbocycles. The lowest BCUT2D eigenvalue weighted by Gasteiger charge is -1.99. The Morgan fingerprint density at radius 3 is 2.56 bits per heavy atom. The van der Waals surface area contributed by atoms with Crippen molar-refractivity contribution < 1.29 is 9.53 Å². The lowest BCUT2D eigenvalue weighted by molar-refractivity contribution is 0.0605. The number of thiophene rings is 1. The maximum absolute atomic E-state index is 11.5. The van der Waals surface area contributed by atoms with Crippen molar-refractivity contribution in [2.75, 3.05) is 7.11 Å². The standard InChI is InChI=1S/C15H24O2S/c1-4-5-6-7-8-9-10-13-11-12(2)14(18-13)15(16)17-3/h11H,4-10H2,1-3H3. The number of ether oxygens (including phenoxy) is 1. The molecular weight excluding hydrogens is 244 g/mol. The van der Waals surface area contributed by atoms with E-state index in [-0.39, 0.29) is 5.97 Å². The van der Waals surface area contributed by atoms with Crippen LogP contribution in [0.2, 0.25) is 0 Å². The van der Waals surface area contributed by atoms with Crippen LogP contribution < -0.4 is 0 Å². The number of hydrogen-bond donors (Lipinski definition) is 0. The van der Waals surface area contributed by atoms with E-state index in [2.05, 4.69) is 13.0 Å². The van der Waals surface area contributed by atoms with E-state index in [1.54, 1.807) is 11.3 Å². The van der Waals surface area contributed by atoms with Gasteiger partial charge in [-0.3, -0.25) is 0 Å². The van der Waals surface area contributed by atoms with Crippen LogP contribution in [0.4, 0.5) is 0 Å². The van der Waals surface area contributed by atoms with Crippen LogP contribution in [0.15, 0.2) is 6.07 Å². The summed E-state index contributed by atoms with van der Waals surface area (Å²) in [4.78, 5) is 13.6. The molecule has 0 radical (unpaired) electrons. The van der Waals surface area contributed by atoms with Crippen LogP contribution in [0.3, 0.4) is 0 Å². The first-order valence-electron chi connectivity index (χ1n) is 6.86. The maximum atomic E-state index is 11.5. The highest BCUT2D eigenvalue weighted by Crippen LogP contribution is 2.24. The van der Waals surface area contributed by atoms with Crippen LogP contribution in [-0.4, -0.2) is 13.1 Å². The molecule has 0 N–H and O–H groups in total. The van der Waals surface area contributed by atoms with Crippen LogP contribution in [0.1, 0.15) is 65.6 Å². The van der Waals surface area contributed by atoms with Crippen LogP contribution in [0.25, 0.3) is 0 Å².